The number of carbonyl (C=O) groups excluding carboxylic acids is 8. The molecule has 1 unspecified atom stereocenters. The predicted molar refractivity (Wildman–Crippen MR) is 514 cm³/mol. The van der Waals surface area contributed by atoms with Gasteiger partial charge in [-0.25, -0.2) is 34.3 Å². The van der Waals surface area contributed by atoms with Crippen LogP contribution in [0.25, 0.3) is 33.4 Å². The highest BCUT2D eigenvalue weighted by Crippen LogP contribution is 2.44. The third kappa shape index (κ3) is 26.7. The zero-order valence-electron chi connectivity index (χ0n) is 78.9. The zero-order chi connectivity index (χ0) is 96.3. The number of nitrogens with two attached hydrogens (primary N) is 1. The lowest BCUT2D eigenvalue weighted by Crippen LogP contribution is -2.42. The van der Waals surface area contributed by atoms with Gasteiger partial charge in [-0.2, -0.15) is 0 Å². The lowest BCUT2D eigenvalue weighted by atomic mass is 9.49. The number of hydrogen-bond acceptors (Lipinski definition) is 26. The molecule has 1 atom stereocenters. The molecule has 0 bridgehead atoms. The quantitative estimate of drug-likeness (QED) is 0.0729. The number of fused-ring (bicyclic) bond motifs is 4. The van der Waals surface area contributed by atoms with Crippen LogP contribution in [0.15, 0.2) is 150 Å². The van der Waals surface area contributed by atoms with Crippen molar-refractivity contribution in [1.29, 1.82) is 0 Å². The fourth-order valence-electron chi connectivity index (χ4n) is 14.1. The van der Waals surface area contributed by atoms with Crippen LogP contribution in [0.4, 0.5) is 37.7 Å². The Kier molecular flexibility index (Phi) is 33.0. The van der Waals surface area contributed by atoms with Gasteiger partial charge in [0.1, 0.15) is 40.1 Å². The van der Waals surface area contributed by atoms with Gasteiger partial charge in [0, 0.05) is 195 Å². The molecule has 0 radical (unpaired) electrons. The number of ketones is 5. The van der Waals surface area contributed by atoms with E-state index in [1.165, 1.54) is 44.4 Å². The topological polar surface area (TPSA) is 374 Å². The summed E-state index contributed by atoms with van der Waals surface area (Å²) in [5.74, 6) is 2.95. The third-order valence-corrected chi connectivity index (χ3v) is 24.1. The highest BCUT2D eigenvalue weighted by atomic mass is 79.9. The molecule has 0 spiro atoms. The number of urea groups is 1. The molecule has 3 fully saturated rings. The average Bonchev–Trinajstić information content (AvgIpc) is 1.61. The van der Waals surface area contributed by atoms with E-state index in [9.17, 15) is 38.4 Å². The van der Waals surface area contributed by atoms with E-state index in [-0.39, 0.29) is 63.5 Å². The van der Waals surface area contributed by atoms with Crippen molar-refractivity contribution in [2.45, 2.75) is 248 Å². The van der Waals surface area contributed by atoms with E-state index in [2.05, 4.69) is 95.0 Å². The van der Waals surface area contributed by atoms with Crippen molar-refractivity contribution < 1.29 is 75.8 Å². The summed E-state index contributed by atoms with van der Waals surface area (Å²) in [6, 6.07) is 16.6. The SMILES string of the molecule is CC(=O)c1cncc(-c2cnc3c(c2)CCCN3)c1.CC(=O)c1cncc(-c2cnc3c(c2)CCCN3C(=O)OC(C)(C)C)c1.CC(=O)c1cncc(-c2cnc3c(c2)CCCN3C(N)=O)c1.CC(=O)c1cncc(Br)c1.CC(C)(C)OC(=O)N1CCCc2cc(Br)cnc21.CC1(C)OB(B2OC(C)(C)C(C)(C)O2)OC1(C)C.[CH2+]C1(C)OB(c2cncc(C(C)=O)c2)OC1(C)C. The van der Waals surface area contributed by atoms with Gasteiger partial charge in [0.2, 0.25) is 5.60 Å². The van der Waals surface area contributed by atoms with Gasteiger partial charge < -0.3 is 48.5 Å². The number of Topliss-reactive ketones (excluding diaryl/α,β-unsaturated/α-hetero) is 5. The monoisotopic (exact) mass is 1910 g/mol. The van der Waals surface area contributed by atoms with E-state index in [1.54, 1.807) is 109 Å². The minimum Gasteiger partial charge on any atom is -0.443 e. The lowest BCUT2D eigenvalue weighted by molar-refractivity contribution is 0.00578. The van der Waals surface area contributed by atoms with Gasteiger partial charge >= 0.3 is 39.4 Å². The number of nitrogens with zero attached hydrogens (tertiary/aromatic N) is 12. The number of rotatable bonds is 10. The van der Waals surface area contributed by atoms with E-state index in [0.29, 0.717) is 59.1 Å². The minimum absolute atomic E-state index is 0.0265. The summed E-state index contributed by atoms with van der Waals surface area (Å²) >= 11 is 6.61. The molecule has 16 heterocycles. The molecule has 35 heteroatoms. The number of halogens is 2. The molecular formula is C96H118B3Br2N14O16+. The van der Waals surface area contributed by atoms with E-state index < -0.39 is 49.6 Å². The molecule has 0 aromatic carbocycles. The Labute approximate surface area is 785 Å². The summed E-state index contributed by atoms with van der Waals surface area (Å²) in [6.07, 6.45) is 29.9. The Morgan fingerprint density at radius 3 is 1.09 bits per heavy atom. The first-order valence-electron chi connectivity index (χ1n) is 43.5. The van der Waals surface area contributed by atoms with E-state index in [1.807, 2.05) is 154 Å². The van der Waals surface area contributed by atoms with Gasteiger partial charge in [-0.3, -0.25) is 63.6 Å². The predicted octanol–water partition coefficient (Wildman–Crippen LogP) is 18.1. The van der Waals surface area contributed by atoms with Crippen LogP contribution in [0.3, 0.4) is 0 Å². The van der Waals surface area contributed by atoms with Crippen LogP contribution in [0, 0.1) is 6.92 Å². The Bertz CT molecular complexity index is 5630. The molecule has 0 saturated carbocycles. The van der Waals surface area contributed by atoms with Gasteiger partial charge in [0.15, 0.2) is 28.9 Å². The Morgan fingerprint density at radius 2 is 0.718 bits per heavy atom. The van der Waals surface area contributed by atoms with Crippen LogP contribution in [-0.2, 0) is 63.1 Å². The summed E-state index contributed by atoms with van der Waals surface area (Å²) in [5, 5.41) is 3.29. The van der Waals surface area contributed by atoms with Crippen molar-refractivity contribution in [2.24, 2.45) is 5.73 Å². The molecule has 30 nitrogen and oxygen atoms in total. The number of primary amides is 1. The van der Waals surface area contributed by atoms with Gasteiger partial charge in [0.25, 0.3) is 0 Å². The number of pyridine rings is 9. The fraction of sp³-hybridized carbons (Fsp3) is 0.438. The first-order chi connectivity index (χ1) is 61.2. The molecule has 9 aromatic heterocycles. The summed E-state index contributed by atoms with van der Waals surface area (Å²) in [5.41, 5.74) is 15.1. The maximum Gasteiger partial charge on any atom is 0.499 e. The Hall–Kier alpha value is -10.9. The summed E-state index contributed by atoms with van der Waals surface area (Å²) < 4.78 is 48.2. The molecule has 4 amide bonds. The van der Waals surface area contributed by atoms with E-state index in [4.69, 9.17) is 43.1 Å². The van der Waals surface area contributed by atoms with Gasteiger partial charge in [-0.15, -0.1) is 0 Å². The Balaban J connectivity index is 0.000000161. The van der Waals surface area contributed by atoms with Gasteiger partial charge in [0.05, 0.1) is 29.3 Å². The number of aromatic nitrogens is 9. The van der Waals surface area contributed by atoms with Crippen LogP contribution in [0.2, 0.25) is 0 Å². The molecule has 690 valence electrons. The van der Waals surface area contributed by atoms with E-state index >= 15 is 0 Å². The zero-order valence-corrected chi connectivity index (χ0v) is 82.1. The first kappa shape index (κ1) is 102. The maximum absolute atomic E-state index is 12.5. The maximum atomic E-state index is 12.5. The van der Waals surface area contributed by atoms with Crippen LogP contribution >= 0.6 is 31.9 Å². The molecule has 16 rings (SSSR count). The van der Waals surface area contributed by atoms with Gasteiger partial charge in [-0.05, 0) is 305 Å². The normalized spacial score (nSPS) is 17.8. The van der Waals surface area contributed by atoms with Crippen LogP contribution < -0.4 is 31.2 Å². The number of carbonyl (C=O) groups is 8. The molecule has 131 heavy (non-hydrogen) atoms. The molecule has 3 N–H and O–H groups in total. The Morgan fingerprint density at radius 1 is 0.389 bits per heavy atom. The molecule has 7 aliphatic heterocycles. The minimum atomic E-state index is -0.635. The van der Waals surface area contributed by atoms with Crippen molar-refractivity contribution in [1.82, 2.24) is 44.9 Å². The number of anilines is 4. The molecular weight excluding hydrogens is 1800 g/mol. The standard InChI is InChI=1S/C20H23N3O3.C16H16N4O2.C15H15N3O.C13H17BNO3.C13H17BrN2O2.C12H24B2O4.C7H6BrNO/c1-13(24)15-9-16(11-21-10-15)17-8-14-6-5-7-23(18(14)22-12-17)19(25)26-20(2,3)4;1-10(21)12-6-13(8-18-7-12)14-5-11-3-2-4-20(16(17)22)15(11)19-9-14;1-10(19)12-6-13(8-16-7-12)14-5-11-3-2-4-17-15(11)18-9-14;1-9(16)10-6-11(8-15-7-10)14-17-12(2,3)13(4,5)18-14;1-13(2,3)18-12(17)16-6-4-5-9-7-10(14)8-15-11(9)16;1-9(2)10(3,4)16-13(15-9)14-17-11(5,6)12(7,8)18-14;1-5(10)6-2-7(8)4-9-3-6/h8-12H,5-7H2,1-4H3;5-9H,2-4H2,1H3,(H2,17,22);5-9H,2-4H2,1H3,(H,17,18);6-8H,2H2,1,3-5H3;7-8H,4-6H2,1-3H3;1-8H3;2-4H,1H3/q;;;+1;;;. The average molecular weight is 1920 g/mol. The smallest absolute Gasteiger partial charge is 0.443 e. The second-order valence-electron chi connectivity index (χ2n) is 37.5. The van der Waals surface area contributed by atoms with Gasteiger partial charge in [-0.1, -0.05) is 0 Å². The summed E-state index contributed by atoms with van der Waals surface area (Å²) in [7, 11) is -1.48. The highest BCUT2D eigenvalue weighted by Gasteiger charge is 2.64. The van der Waals surface area contributed by atoms with Crippen LogP contribution in [0.1, 0.15) is 252 Å². The third-order valence-electron chi connectivity index (χ3n) is 23.2. The van der Waals surface area contributed by atoms with Crippen molar-refractivity contribution >= 4 is 129 Å². The number of nitrogens with one attached hydrogen (secondary N) is 1. The fourth-order valence-corrected chi connectivity index (χ4v) is 14.8. The van der Waals surface area contributed by atoms with Crippen molar-refractivity contribution in [3.8, 4) is 33.4 Å². The second kappa shape index (κ2) is 42.3. The second-order valence-corrected chi connectivity index (χ2v) is 39.3. The number of hydrogen-bond donors (Lipinski definition) is 2. The number of aryl methyl sites for hydroxylation is 4. The largest absolute Gasteiger partial charge is 0.499 e. The lowest BCUT2D eigenvalue weighted by Gasteiger charge is -2.32. The molecule has 0 aliphatic carbocycles. The highest BCUT2D eigenvalue weighted by molar-refractivity contribution is 9.10. The molecule has 3 saturated heterocycles. The van der Waals surface area contributed by atoms with Crippen molar-refractivity contribution in [2.75, 3.05) is 46.2 Å². The summed E-state index contributed by atoms with van der Waals surface area (Å²) in [4.78, 5) is 135. The number of amides is 4. The first-order valence-corrected chi connectivity index (χ1v) is 45.1. The van der Waals surface area contributed by atoms with Crippen molar-refractivity contribution in [3.63, 3.8) is 0 Å². The van der Waals surface area contributed by atoms with Crippen LogP contribution in [0.5, 0.6) is 0 Å². The van der Waals surface area contributed by atoms with Crippen molar-refractivity contribution in [3.05, 3.63) is 207 Å². The molecule has 9 aromatic rings. The molecule has 7 aliphatic rings. The summed E-state index contributed by atoms with van der Waals surface area (Å²) in [6.45, 7) is 47.6. The van der Waals surface area contributed by atoms with Crippen LogP contribution in [-0.4, -0.2) is 184 Å². The number of ether oxygens (including phenoxy) is 2. The van der Waals surface area contributed by atoms with E-state index in [0.717, 1.165) is 134 Å².